The van der Waals surface area contributed by atoms with Crippen LogP contribution in [0.3, 0.4) is 0 Å². The first-order valence-corrected chi connectivity index (χ1v) is 10.3. The summed E-state index contributed by atoms with van der Waals surface area (Å²) in [5.41, 5.74) is 1.26. The third kappa shape index (κ3) is 15.7. The van der Waals surface area contributed by atoms with E-state index in [1.165, 1.54) is 5.56 Å². The molecule has 7 heteroatoms. The smallest absolute Gasteiger partial charge is 2.00 e. The Kier molecular flexibility index (Phi) is 22.9. The molecule has 0 aromatic heterocycles. The summed E-state index contributed by atoms with van der Waals surface area (Å²) in [6, 6.07) is 9.11. The van der Waals surface area contributed by atoms with Crippen LogP contribution in [0.1, 0.15) is 33.3 Å². The fraction of sp³-hybridized carbons (Fsp3) is 0.684. The van der Waals surface area contributed by atoms with Crippen molar-refractivity contribution in [1.29, 1.82) is 0 Å². The molecule has 0 fully saturated rings. The van der Waals surface area contributed by atoms with E-state index in [0.717, 1.165) is 42.6 Å². The Morgan fingerprint density at radius 3 is 1.54 bits per heavy atom. The normalized spacial score (nSPS) is 10.4. The molecule has 0 aliphatic carbocycles. The molecule has 1 aromatic rings. The summed E-state index contributed by atoms with van der Waals surface area (Å²) in [4.78, 5) is 5.81. The molecule has 0 unspecified atom stereocenters. The number of rotatable bonds is 9. The maximum Gasteiger partial charge on any atom is 5.00 e. The van der Waals surface area contributed by atoms with E-state index >= 15 is 0 Å². The van der Waals surface area contributed by atoms with Crippen molar-refractivity contribution in [3.63, 3.8) is 0 Å². The van der Waals surface area contributed by atoms with Crippen LogP contribution in [0.4, 0.5) is 0 Å². The minimum atomic E-state index is 0. The first kappa shape index (κ1) is 31.4. The van der Waals surface area contributed by atoms with E-state index in [9.17, 15) is 0 Å². The number of benzene rings is 1. The molecule has 0 saturated carbocycles. The first-order valence-electron chi connectivity index (χ1n) is 8.69. The van der Waals surface area contributed by atoms with Crippen molar-refractivity contribution in [1.82, 2.24) is 9.80 Å². The Balaban J connectivity index is -0.000000447. The Morgan fingerprint density at radius 1 is 0.808 bits per heavy atom. The average Bonchev–Trinajstić information content (AvgIpc) is 2.51. The van der Waals surface area contributed by atoms with Crippen molar-refractivity contribution in [2.45, 2.75) is 51.6 Å². The summed E-state index contributed by atoms with van der Waals surface area (Å²) in [7, 11) is 0. The third-order valence-electron chi connectivity index (χ3n) is 3.84. The predicted octanol–water partition coefficient (Wildman–Crippen LogP) is 3.28. The van der Waals surface area contributed by atoms with Gasteiger partial charge in [0.25, 0.3) is 0 Å². The molecule has 26 heavy (non-hydrogen) atoms. The molecular weight excluding hydrogens is 466 g/mol. The molecule has 0 amide bonds. The fourth-order valence-electron chi connectivity index (χ4n) is 2.50. The predicted molar refractivity (Wildman–Crippen MR) is 115 cm³/mol. The zero-order valence-corrected chi connectivity index (χ0v) is 20.9. The van der Waals surface area contributed by atoms with Gasteiger partial charge in [0.2, 0.25) is 0 Å². The summed E-state index contributed by atoms with van der Waals surface area (Å²) in [5.74, 6) is 1.61. The van der Waals surface area contributed by atoms with Crippen LogP contribution < -0.4 is 0 Å². The second-order valence-electron chi connectivity index (χ2n) is 6.49. The minimum absolute atomic E-state index is 0. The van der Waals surface area contributed by atoms with Crippen molar-refractivity contribution >= 4 is 37.9 Å². The number of hydrogen-bond acceptors (Lipinski definition) is 5. The molecule has 0 heterocycles. The maximum atomic E-state index is 5.04. The maximum absolute atomic E-state index is 5.04. The molecule has 0 spiro atoms. The Bertz CT molecular complexity index is 385. The van der Waals surface area contributed by atoms with Gasteiger partial charge < -0.3 is 48.3 Å². The van der Waals surface area contributed by atoms with E-state index in [4.69, 9.17) is 37.9 Å². The molecule has 0 bridgehead atoms. The van der Waals surface area contributed by atoms with Gasteiger partial charge in [-0.2, -0.15) is 16.4 Å². The largest absolute Gasteiger partial charge is 5.00 e. The Morgan fingerprint density at radius 2 is 1.23 bits per heavy atom. The second-order valence-corrected chi connectivity index (χ2v) is 7.78. The molecule has 3 nitrogen and oxygen atoms in total. The van der Waals surface area contributed by atoms with Crippen molar-refractivity contribution in [3.8, 4) is 0 Å². The van der Waals surface area contributed by atoms with E-state index in [1.54, 1.807) is 0 Å². The van der Waals surface area contributed by atoms with Gasteiger partial charge in [-0.15, -0.1) is 0 Å². The third-order valence-corrected chi connectivity index (χ3v) is 4.47. The van der Waals surface area contributed by atoms with Crippen molar-refractivity contribution in [3.05, 3.63) is 29.8 Å². The van der Waals surface area contributed by atoms with Gasteiger partial charge in [0.1, 0.15) is 0 Å². The van der Waals surface area contributed by atoms with Crippen LogP contribution in [0.5, 0.6) is 0 Å². The van der Waals surface area contributed by atoms with Crippen LogP contribution in [-0.2, 0) is 63.5 Å². The summed E-state index contributed by atoms with van der Waals surface area (Å²) in [6.45, 7) is 15.3. The summed E-state index contributed by atoms with van der Waals surface area (Å²) in [5, 5.41) is 0. The minimum Gasteiger partial charge on any atom is -2.00 e. The van der Waals surface area contributed by atoms with Crippen molar-refractivity contribution in [2.24, 2.45) is 0 Å². The number of aryl methyl sites for hydroxylation is 1. The molecule has 1 rings (SSSR count). The quantitative estimate of drug-likeness (QED) is 0.488. The van der Waals surface area contributed by atoms with Crippen molar-refractivity contribution in [2.75, 3.05) is 37.7 Å². The van der Waals surface area contributed by atoms with Crippen LogP contribution in [0.25, 0.3) is 0 Å². The molecule has 0 aliphatic heterocycles. The zero-order valence-electron chi connectivity index (χ0n) is 16.6. The van der Waals surface area contributed by atoms with Gasteiger partial charge in [-0.1, -0.05) is 29.8 Å². The van der Waals surface area contributed by atoms with E-state index in [-0.39, 0.29) is 25.6 Å². The van der Waals surface area contributed by atoms with Crippen LogP contribution in [0.2, 0.25) is 0 Å². The SMILES string of the molecule is CC(C)N(CCN(CC[S-])CC[S-])C(C)C.Cc1ccc([S-])cc1.[O-2].[Tc+5]. The van der Waals surface area contributed by atoms with Gasteiger partial charge in [0.15, 0.2) is 0 Å². The second kappa shape index (κ2) is 19.0. The molecular formula is C19H33N2OS3Tc. The van der Waals surface area contributed by atoms with Gasteiger partial charge in [0.05, 0.1) is 0 Å². The topological polar surface area (TPSA) is 35.0 Å². The molecule has 0 atom stereocenters. The molecule has 0 radical (unpaired) electrons. The Hall–Kier alpha value is 0.669. The van der Waals surface area contributed by atoms with Gasteiger partial charge >= 0.3 is 20.1 Å². The van der Waals surface area contributed by atoms with E-state index in [2.05, 4.69) is 44.4 Å². The molecule has 150 valence electrons. The van der Waals surface area contributed by atoms with Crippen LogP contribution in [0, 0.1) is 6.92 Å². The van der Waals surface area contributed by atoms with Crippen LogP contribution >= 0.6 is 0 Å². The molecule has 0 saturated heterocycles. The van der Waals surface area contributed by atoms with Gasteiger partial charge in [0, 0.05) is 25.2 Å². The summed E-state index contributed by atoms with van der Waals surface area (Å²) in [6.07, 6.45) is 0. The summed E-state index contributed by atoms with van der Waals surface area (Å²) < 4.78 is 0. The Labute approximate surface area is 191 Å². The van der Waals surface area contributed by atoms with E-state index in [1.807, 2.05) is 24.3 Å². The first-order chi connectivity index (χ1) is 11.3. The fourth-order valence-corrected chi connectivity index (χ4v) is 3.15. The number of hydrogen-bond donors (Lipinski definition) is 0. The standard InChI is InChI=1S/C12H28N2S2.C7H8S.O.Tc/c1-11(2)14(12(3)4)6-5-13(7-9-15)8-10-16;1-6-2-4-7(8)5-3-6;;/h11-12,15-16H,5-10H2,1-4H3;2-5,8H,1H3;;/q;;-2;+5/p-3. The van der Waals surface area contributed by atoms with Gasteiger partial charge in [-0.25, -0.2) is 0 Å². The van der Waals surface area contributed by atoms with E-state index in [0.29, 0.717) is 12.1 Å². The number of nitrogens with zero attached hydrogens (tertiary/aromatic N) is 2. The van der Waals surface area contributed by atoms with Crippen LogP contribution in [0.15, 0.2) is 29.2 Å². The monoisotopic (exact) mass is 498 g/mol. The summed E-state index contributed by atoms with van der Waals surface area (Å²) >= 11 is 14.9. The average molecular weight is 500 g/mol. The molecule has 0 aliphatic rings. The molecule has 1 aromatic carbocycles. The molecule has 0 N–H and O–H groups in total. The van der Waals surface area contributed by atoms with Gasteiger partial charge in [-0.3, -0.25) is 4.90 Å². The zero-order chi connectivity index (χ0) is 18.5. The van der Waals surface area contributed by atoms with Crippen molar-refractivity contribution < 1.29 is 25.6 Å². The van der Waals surface area contributed by atoms with Crippen LogP contribution in [-0.4, -0.2) is 59.6 Å². The van der Waals surface area contributed by atoms with E-state index < -0.39 is 0 Å². The van der Waals surface area contributed by atoms with Gasteiger partial charge in [-0.05, 0) is 47.7 Å².